The minimum absolute atomic E-state index is 0.157. The lowest BCUT2D eigenvalue weighted by molar-refractivity contribution is 0.0120. The second-order valence-electron chi connectivity index (χ2n) is 5.75. The number of carbonyl (C=O) groups is 1. The molecule has 0 aliphatic rings. The van der Waals surface area contributed by atoms with Crippen molar-refractivity contribution in [3.05, 3.63) is 35.4 Å². The zero-order valence-corrected chi connectivity index (χ0v) is 12.5. The molecule has 6 nitrogen and oxygen atoms in total. The van der Waals surface area contributed by atoms with Gasteiger partial charge in [0, 0.05) is 6.54 Å². The van der Waals surface area contributed by atoms with Gasteiger partial charge < -0.3 is 25.4 Å². The Balaban J connectivity index is 2.59. The third kappa shape index (κ3) is 5.71. The number of hydrogen-bond donors (Lipinski definition) is 4. The van der Waals surface area contributed by atoms with E-state index < -0.39 is 23.9 Å². The summed E-state index contributed by atoms with van der Waals surface area (Å²) in [6.45, 7) is 4.80. The molecule has 6 heteroatoms. The predicted octanol–water partition coefficient (Wildman–Crippen LogP) is 1.10. The number of carbonyl (C=O) groups excluding carboxylic acids is 1. The molecule has 21 heavy (non-hydrogen) atoms. The Labute approximate surface area is 124 Å². The van der Waals surface area contributed by atoms with Gasteiger partial charge in [-0.15, -0.1) is 0 Å². The van der Waals surface area contributed by atoms with Crippen LogP contribution in [0.4, 0.5) is 4.79 Å². The van der Waals surface area contributed by atoms with Crippen LogP contribution in [0.1, 0.15) is 38.0 Å². The summed E-state index contributed by atoms with van der Waals surface area (Å²) in [7, 11) is 0. The van der Waals surface area contributed by atoms with Gasteiger partial charge in [0.25, 0.3) is 0 Å². The van der Waals surface area contributed by atoms with Crippen LogP contribution in [0.3, 0.4) is 0 Å². The summed E-state index contributed by atoms with van der Waals surface area (Å²) < 4.78 is 5.04. The summed E-state index contributed by atoms with van der Waals surface area (Å²) in [6.07, 6.45) is -3.07. The molecule has 2 unspecified atom stereocenters. The van der Waals surface area contributed by atoms with Gasteiger partial charge in [-0.1, -0.05) is 24.3 Å². The maximum atomic E-state index is 11.5. The van der Waals surface area contributed by atoms with Crippen molar-refractivity contribution < 1.29 is 24.9 Å². The summed E-state index contributed by atoms with van der Waals surface area (Å²) in [5, 5.41) is 31.6. The molecule has 0 heterocycles. The predicted molar refractivity (Wildman–Crippen MR) is 77.6 cm³/mol. The quantitative estimate of drug-likeness (QED) is 0.652. The van der Waals surface area contributed by atoms with Gasteiger partial charge in [-0.25, -0.2) is 4.79 Å². The lowest BCUT2D eigenvalue weighted by atomic mass is 9.99. The summed E-state index contributed by atoms with van der Waals surface area (Å²) in [5.41, 5.74) is 0.330. The first-order chi connectivity index (χ1) is 9.74. The first kappa shape index (κ1) is 17.4. The third-order valence-electron chi connectivity index (χ3n) is 2.76. The van der Waals surface area contributed by atoms with Gasteiger partial charge in [-0.2, -0.15) is 0 Å². The van der Waals surface area contributed by atoms with Crippen LogP contribution in [-0.4, -0.2) is 39.7 Å². The highest BCUT2D eigenvalue weighted by Crippen LogP contribution is 2.21. The standard InChI is InChI=1S/C15H23NO5/c1-15(2,3)21-14(20)16-8-12(18)13(19)11-7-5-4-6-10(11)9-17/h4-7,12-13,17-19H,8-9H2,1-3H3,(H,16,20). The van der Waals surface area contributed by atoms with Gasteiger partial charge in [0.2, 0.25) is 0 Å². The number of rotatable bonds is 5. The van der Waals surface area contributed by atoms with Crippen LogP contribution in [0.25, 0.3) is 0 Å². The number of benzene rings is 1. The van der Waals surface area contributed by atoms with E-state index in [0.29, 0.717) is 11.1 Å². The molecule has 0 aliphatic carbocycles. The third-order valence-corrected chi connectivity index (χ3v) is 2.76. The molecule has 2 atom stereocenters. The van der Waals surface area contributed by atoms with Crippen molar-refractivity contribution in [1.29, 1.82) is 0 Å². The Hall–Kier alpha value is -1.63. The van der Waals surface area contributed by atoms with Crippen LogP contribution in [-0.2, 0) is 11.3 Å². The fraction of sp³-hybridized carbons (Fsp3) is 0.533. The zero-order chi connectivity index (χ0) is 16.0. The van der Waals surface area contributed by atoms with Crippen LogP contribution in [0, 0.1) is 0 Å². The molecule has 118 valence electrons. The molecule has 4 N–H and O–H groups in total. The van der Waals surface area contributed by atoms with E-state index in [4.69, 9.17) is 4.74 Å². The molecule has 0 spiro atoms. The molecule has 0 bridgehead atoms. The maximum Gasteiger partial charge on any atom is 0.407 e. The molecule has 0 radical (unpaired) electrons. The maximum absolute atomic E-state index is 11.5. The van der Waals surface area contributed by atoms with E-state index in [2.05, 4.69) is 5.32 Å². The minimum Gasteiger partial charge on any atom is -0.444 e. The van der Waals surface area contributed by atoms with E-state index in [9.17, 15) is 20.1 Å². The SMILES string of the molecule is CC(C)(C)OC(=O)NCC(O)C(O)c1ccccc1CO. The number of alkyl carbamates (subject to hydrolysis) is 1. The Morgan fingerprint density at radius 3 is 2.48 bits per heavy atom. The average molecular weight is 297 g/mol. The van der Waals surface area contributed by atoms with Gasteiger partial charge in [-0.05, 0) is 31.9 Å². The molecule has 0 aliphatic heterocycles. The first-order valence-electron chi connectivity index (χ1n) is 6.76. The number of aliphatic hydroxyl groups excluding tert-OH is 3. The first-order valence-corrected chi connectivity index (χ1v) is 6.76. The second-order valence-corrected chi connectivity index (χ2v) is 5.75. The Morgan fingerprint density at radius 1 is 1.29 bits per heavy atom. The normalized spacial score (nSPS) is 14.4. The van der Waals surface area contributed by atoms with Gasteiger partial charge in [-0.3, -0.25) is 0 Å². The Morgan fingerprint density at radius 2 is 1.90 bits per heavy atom. The summed E-state index contributed by atoms with van der Waals surface area (Å²) in [4.78, 5) is 11.5. The fourth-order valence-electron chi connectivity index (χ4n) is 1.79. The number of amides is 1. The van der Waals surface area contributed by atoms with Gasteiger partial charge >= 0.3 is 6.09 Å². The Kier molecular flexibility index (Phi) is 6.14. The van der Waals surface area contributed by atoms with Gasteiger partial charge in [0.05, 0.1) is 6.61 Å². The topological polar surface area (TPSA) is 99.0 Å². The van der Waals surface area contributed by atoms with Crippen molar-refractivity contribution in [1.82, 2.24) is 5.32 Å². The molecule has 1 aromatic rings. The van der Waals surface area contributed by atoms with Crippen LogP contribution in [0.2, 0.25) is 0 Å². The highest BCUT2D eigenvalue weighted by molar-refractivity contribution is 5.67. The van der Waals surface area contributed by atoms with E-state index in [-0.39, 0.29) is 13.2 Å². The van der Waals surface area contributed by atoms with Crippen LogP contribution in [0.5, 0.6) is 0 Å². The molecule has 0 aromatic heterocycles. The Bertz CT molecular complexity index is 469. The summed E-state index contributed by atoms with van der Waals surface area (Å²) in [6, 6.07) is 6.71. The van der Waals surface area contributed by atoms with Crippen molar-refractivity contribution >= 4 is 6.09 Å². The summed E-state index contributed by atoms with van der Waals surface area (Å²) in [5.74, 6) is 0. The van der Waals surface area contributed by atoms with E-state index in [0.717, 1.165) is 0 Å². The zero-order valence-electron chi connectivity index (χ0n) is 12.5. The monoisotopic (exact) mass is 297 g/mol. The van der Waals surface area contributed by atoms with E-state index in [1.165, 1.54) is 0 Å². The molecular weight excluding hydrogens is 274 g/mol. The van der Waals surface area contributed by atoms with Crippen LogP contribution in [0.15, 0.2) is 24.3 Å². The lowest BCUT2D eigenvalue weighted by Gasteiger charge is -2.23. The largest absolute Gasteiger partial charge is 0.444 e. The smallest absolute Gasteiger partial charge is 0.407 e. The highest BCUT2D eigenvalue weighted by atomic mass is 16.6. The van der Waals surface area contributed by atoms with Gasteiger partial charge in [0.1, 0.15) is 17.8 Å². The van der Waals surface area contributed by atoms with E-state index in [1.54, 1.807) is 45.0 Å². The molecule has 0 saturated heterocycles. The van der Waals surface area contributed by atoms with Crippen molar-refractivity contribution in [3.8, 4) is 0 Å². The molecular formula is C15H23NO5. The van der Waals surface area contributed by atoms with Crippen molar-refractivity contribution in [3.63, 3.8) is 0 Å². The van der Waals surface area contributed by atoms with E-state index in [1.807, 2.05) is 0 Å². The molecule has 1 amide bonds. The minimum atomic E-state index is -1.21. The van der Waals surface area contributed by atoms with Crippen molar-refractivity contribution in [2.75, 3.05) is 6.54 Å². The fourth-order valence-corrected chi connectivity index (χ4v) is 1.79. The molecule has 0 fully saturated rings. The average Bonchev–Trinajstić information content (AvgIpc) is 2.42. The van der Waals surface area contributed by atoms with Crippen LogP contribution < -0.4 is 5.32 Å². The van der Waals surface area contributed by atoms with Gasteiger partial charge in [0.15, 0.2) is 0 Å². The van der Waals surface area contributed by atoms with Crippen molar-refractivity contribution in [2.45, 2.75) is 45.2 Å². The van der Waals surface area contributed by atoms with E-state index >= 15 is 0 Å². The highest BCUT2D eigenvalue weighted by Gasteiger charge is 2.22. The number of nitrogens with one attached hydrogen (secondary N) is 1. The van der Waals surface area contributed by atoms with Crippen molar-refractivity contribution in [2.24, 2.45) is 0 Å². The molecule has 1 aromatic carbocycles. The number of ether oxygens (including phenoxy) is 1. The van der Waals surface area contributed by atoms with Crippen LogP contribution >= 0.6 is 0 Å². The number of aliphatic hydroxyl groups is 3. The second kappa shape index (κ2) is 7.40. The number of hydrogen-bond acceptors (Lipinski definition) is 5. The summed E-state index contributed by atoms with van der Waals surface area (Å²) >= 11 is 0. The molecule has 0 saturated carbocycles. The lowest BCUT2D eigenvalue weighted by Crippen LogP contribution is -2.39. The molecule has 1 rings (SSSR count).